The average Bonchev–Trinajstić information content (AvgIpc) is 2.72. The first-order valence-electron chi connectivity index (χ1n) is 4.87. The molecule has 2 rings (SSSR count). The number of hydrogen-bond donors (Lipinski definition) is 1. The maximum absolute atomic E-state index is 5.89. The average molecular weight is 167 g/mol. The first-order chi connectivity index (χ1) is 5.77. The number of rotatable bonds is 1. The molecule has 1 aliphatic carbocycles. The third-order valence-corrected chi connectivity index (χ3v) is 2.71. The summed E-state index contributed by atoms with van der Waals surface area (Å²) in [6.07, 6.45) is 5.01. The molecule has 1 atom stereocenters. The van der Waals surface area contributed by atoms with Crippen molar-refractivity contribution in [3.05, 3.63) is 0 Å². The molecule has 0 amide bonds. The van der Waals surface area contributed by atoms with E-state index in [0.717, 1.165) is 12.5 Å². The number of hydrogen-bond acceptors (Lipinski definition) is 1. The van der Waals surface area contributed by atoms with E-state index in [1.807, 2.05) is 0 Å². The van der Waals surface area contributed by atoms with E-state index in [9.17, 15) is 0 Å². The summed E-state index contributed by atoms with van der Waals surface area (Å²) in [5.74, 6) is 0.780. The Morgan fingerprint density at radius 3 is 2.67 bits per heavy atom. The first-order valence-corrected chi connectivity index (χ1v) is 4.87. The summed E-state index contributed by atoms with van der Waals surface area (Å²) in [5.41, 5.74) is 5.89. The van der Waals surface area contributed by atoms with Gasteiger partial charge in [-0.2, -0.15) is 0 Å². The van der Waals surface area contributed by atoms with Gasteiger partial charge < -0.3 is 10.6 Å². The van der Waals surface area contributed by atoms with Crippen LogP contribution in [0.15, 0.2) is 4.99 Å². The Hall–Kier alpha value is -0.730. The molecule has 0 spiro atoms. The summed E-state index contributed by atoms with van der Waals surface area (Å²) in [4.78, 5) is 6.68. The number of nitrogens with two attached hydrogens (primary N) is 1. The van der Waals surface area contributed by atoms with Crippen molar-refractivity contribution < 1.29 is 0 Å². The summed E-state index contributed by atoms with van der Waals surface area (Å²) in [7, 11) is 0. The Morgan fingerprint density at radius 2 is 2.17 bits per heavy atom. The zero-order chi connectivity index (χ0) is 8.55. The highest BCUT2D eigenvalue weighted by atomic mass is 15.3. The van der Waals surface area contributed by atoms with Gasteiger partial charge in [0.2, 0.25) is 0 Å². The quantitative estimate of drug-likeness (QED) is 0.466. The van der Waals surface area contributed by atoms with E-state index < -0.39 is 0 Å². The maximum atomic E-state index is 5.89. The third kappa shape index (κ3) is 1.54. The maximum Gasteiger partial charge on any atom is 0.191 e. The zero-order valence-corrected chi connectivity index (χ0v) is 7.66. The largest absolute Gasteiger partial charge is 0.370 e. The highest BCUT2D eigenvalue weighted by Crippen LogP contribution is 2.24. The predicted octanol–water partition coefficient (Wildman–Crippen LogP) is 0.948. The second kappa shape index (κ2) is 2.96. The van der Waals surface area contributed by atoms with Crippen molar-refractivity contribution in [1.82, 2.24) is 4.90 Å². The van der Waals surface area contributed by atoms with Crippen LogP contribution in [0, 0.1) is 0 Å². The molecule has 1 heterocycles. The molecule has 1 saturated carbocycles. The van der Waals surface area contributed by atoms with Gasteiger partial charge in [0.25, 0.3) is 0 Å². The molecular formula is C9H17N3. The molecule has 1 aliphatic heterocycles. The van der Waals surface area contributed by atoms with Gasteiger partial charge in [-0.3, -0.25) is 0 Å². The van der Waals surface area contributed by atoms with E-state index in [2.05, 4.69) is 16.8 Å². The van der Waals surface area contributed by atoms with E-state index in [4.69, 9.17) is 5.73 Å². The minimum Gasteiger partial charge on any atom is -0.370 e. The fourth-order valence-corrected chi connectivity index (χ4v) is 1.74. The van der Waals surface area contributed by atoms with E-state index in [0.29, 0.717) is 12.1 Å². The van der Waals surface area contributed by atoms with Crippen molar-refractivity contribution >= 4 is 5.96 Å². The Bertz CT molecular complexity index is 196. The van der Waals surface area contributed by atoms with Crippen LogP contribution >= 0.6 is 0 Å². The van der Waals surface area contributed by atoms with Crippen molar-refractivity contribution in [2.45, 2.75) is 44.7 Å². The normalized spacial score (nSPS) is 31.2. The Labute approximate surface area is 73.6 Å². The predicted molar refractivity (Wildman–Crippen MR) is 50.0 cm³/mol. The lowest BCUT2D eigenvalue weighted by atomic mass is 10.2. The zero-order valence-electron chi connectivity index (χ0n) is 7.66. The van der Waals surface area contributed by atoms with Gasteiger partial charge in [-0.1, -0.05) is 0 Å². The molecular weight excluding hydrogens is 150 g/mol. The highest BCUT2D eigenvalue weighted by Gasteiger charge is 2.25. The number of guanidine groups is 1. The molecule has 12 heavy (non-hydrogen) atoms. The van der Waals surface area contributed by atoms with E-state index in [1.165, 1.54) is 25.7 Å². The van der Waals surface area contributed by atoms with Gasteiger partial charge in [0, 0.05) is 12.6 Å². The molecule has 2 N–H and O–H groups in total. The molecule has 68 valence electrons. The van der Waals surface area contributed by atoms with Crippen LogP contribution in [0.25, 0.3) is 0 Å². The molecule has 0 aromatic heterocycles. The van der Waals surface area contributed by atoms with Crippen LogP contribution in [-0.2, 0) is 0 Å². The van der Waals surface area contributed by atoms with Crippen molar-refractivity contribution in [3.63, 3.8) is 0 Å². The summed E-state index contributed by atoms with van der Waals surface area (Å²) in [5, 5.41) is 0. The lowest BCUT2D eigenvalue weighted by Gasteiger charge is -2.22. The summed E-state index contributed by atoms with van der Waals surface area (Å²) >= 11 is 0. The van der Waals surface area contributed by atoms with Gasteiger partial charge in [0.1, 0.15) is 0 Å². The Balaban J connectivity index is 1.97. The van der Waals surface area contributed by atoms with Gasteiger partial charge in [-0.15, -0.1) is 0 Å². The van der Waals surface area contributed by atoms with E-state index >= 15 is 0 Å². The monoisotopic (exact) mass is 167 g/mol. The fraction of sp³-hybridized carbons (Fsp3) is 0.889. The van der Waals surface area contributed by atoms with Crippen molar-refractivity contribution in [3.8, 4) is 0 Å². The van der Waals surface area contributed by atoms with Crippen LogP contribution in [0.1, 0.15) is 32.6 Å². The van der Waals surface area contributed by atoms with Gasteiger partial charge >= 0.3 is 0 Å². The first kappa shape index (κ1) is 7.90. The van der Waals surface area contributed by atoms with Crippen molar-refractivity contribution in [2.75, 3.05) is 6.54 Å². The molecule has 1 saturated heterocycles. The minimum absolute atomic E-state index is 0.554. The van der Waals surface area contributed by atoms with E-state index in [-0.39, 0.29) is 0 Å². The molecule has 2 aliphatic rings. The smallest absolute Gasteiger partial charge is 0.191 e. The summed E-state index contributed by atoms with van der Waals surface area (Å²) in [6.45, 7) is 3.32. The van der Waals surface area contributed by atoms with Gasteiger partial charge in [-0.25, -0.2) is 4.99 Å². The second-order valence-electron chi connectivity index (χ2n) is 3.90. The van der Waals surface area contributed by atoms with Crippen LogP contribution in [0.5, 0.6) is 0 Å². The highest BCUT2D eigenvalue weighted by molar-refractivity contribution is 5.79. The molecule has 0 bridgehead atoms. The third-order valence-electron chi connectivity index (χ3n) is 2.71. The summed E-state index contributed by atoms with van der Waals surface area (Å²) in [6, 6.07) is 1.16. The fourth-order valence-electron chi connectivity index (χ4n) is 1.74. The Morgan fingerprint density at radius 1 is 1.42 bits per heavy atom. The number of nitrogens with zero attached hydrogens (tertiary/aromatic N) is 2. The standard InChI is InChI=1S/C9H17N3/c1-7-3-2-6-12(7)9(10)11-8-4-5-8/h7-8H,2-6H2,1H3,(H2,10,11). The molecule has 0 aromatic carbocycles. The van der Waals surface area contributed by atoms with Gasteiger partial charge in [-0.05, 0) is 32.6 Å². The van der Waals surface area contributed by atoms with Gasteiger partial charge in [0.05, 0.1) is 6.04 Å². The molecule has 0 aromatic rings. The van der Waals surface area contributed by atoms with Crippen LogP contribution in [-0.4, -0.2) is 29.5 Å². The molecule has 0 radical (unpaired) electrons. The molecule has 1 unspecified atom stereocenters. The van der Waals surface area contributed by atoms with Crippen LogP contribution in [0.3, 0.4) is 0 Å². The minimum atomic E-state index is 0.554. The van der Waals surface area contributed by atoms with Crippen molar-refractivity contribution in [1.29, 1.82) is 0 Å². The summed E-state index contributed by atoms with van der Waals surface area (Å²) < 4.78 is 0. The van der Waals surface area contributed by atoms with Crippen LogP contribution < -0.4 is 5.73 Å². The van der Waals surface area contributed by atoms with Crippen molar-refractivity contribution in [2.24, 2.45) is 10.7 Å². The van der Waals surface area contributed by atoms with Crippen LogP contribution in [0.4, 0.5) is 0 Å². The SMILES string of the molecule is CC1CCCN1C(N)=NC1CC1. The molecule has 3 heteroatoms. The number of likely N-dealkylation sites (tertiary alicyclic amines) is 1. The second-order valence-corrected chi connectivity index (χ2v) is 3.90. The molecule has 3 nitrogen and oxygen atoms in total. The topological polar surface area (TPSA) is 41.6 Å². The lowest BCUT2D eigenvalue weighted by molar-refractivity contribution is 0.408. The van der Waals surface area contributed by atoms with Crippen LogP contribution in [0.2, 0.25) is 0 Å². The molecule has 2 fully saturated rings. The number of aliphatic imine (C=N–C) groups is 1. The van der Waals surface area contributed by atoms with E-state index in [1.54, 1.807) is 0 Å². The Kier molecular flexibility index (Phi) is 1.95. The lowest BCUT2D eigenvalue weighted by Crippen LogP contribution is -2.39. The van der Waals surface area contributed by atoms with Gasteiger partial charge in [0.15, 0.2) is 5.96 Å².